The number of rotatable bonds is 8. The average Bonchev–Trinajstić information content (AvgIpc) is 2.62. The van der Waals surface area contributed by atoms with Crippen molar-refractivity contribution in [3.63, 3.8) is 0 Å². The van der Waals surface area contributed by atoms with Crippen molar-refractivity contribution in [2.45, 2.75) is 39.0 Å². The largest absolute Gasteiger partial charge is 0.496 e. The standard InChI is InChI=1S/C21H26O3/c1-4-6-12-19(21(22)24-5-2)17-11-9-10-16(15-17)18-13-7-8-14-20(18)23-3/h7-11,13-15,19H,4-6,12H2,1-3H3. The van der Waals surface area contributed by atoms with Gasteiger partial charge in [0.25, 0.3) is 0 Å². The summed E-state index contributed by atoms with van der Waals surface area (Å²) in [4.78, 5) is 12.4. The third kappa shape index (κ3) is 4.38. The molecule has 0 fully saturated rings. The van der Waals surface area contributed by atoms with Crippen molar-refractivity contribution in [1.82, 2.24) is 0 Å². The topological polar surface area (TPSA) is 35.5 Å². The highest BCUT2D eigenvalue weighted by atomic mass is 16.5. The fraction of sp³-hybridized carbons (Fsp3) is 0.381. The molecule has 0 saturated carbocycles. The quantitative estimate of drug-likeness (QED) is 0.626. The molecule has 0 amide bonds. The van der Waals surface area contributed by atoms with Gasteiger partial charge in [0, 0.05) is 5.56 Å². The molecule has 0 radical (unpaired) electrons. The van der Waals surface area contributed by atoms with Gasteiger partial charge in [-0.2, -0.15) is 0 Å². The van der Waals surface area contributed by atoms with Gasteiger partial charge in [-0.1, -0.05) is 62.2 Å². The lowest BCUT2D eigenvalue weighted by atomic mass is 9.91. The molecule has 0 bridgehead atoms. The number of benzene rings is 2. The number of methoxy groups -OCH3 is 1. The molecule has 0 aliphatic carbocycles. The molecule has 1 atom stereocenters. The van der Waals surface area contributed by atoms with E-state index >= 15 is 0 Å². The monoisotopic (exact) mass is 326 g/mol. The molecule has 24 heavy (non-hydrogen) atoms. The SMILES string of the molecule is CCCCC(C(=O)OCC)c1cccc(-c2ccccc2OC)c1. The molecule has 128 valence electrons. The molecule has 0 aliphatic rings. The maximum atomic E-state index is 12.4. The summed E-state index contributed by atoms with van der Waals surface area (Å²) in [5.74, 6) is 0.485. The van der Waals surface area contributed by atoms with Gasteiger partial charge < -0.3 is 9.47 Å². The van der Waals surface area contributed by atoms with Crippen LogP contribution < -0.4 is 4.74 Å². The van der Waals surface area contributed by atoms with E-state index in [2.05, 4.69) is 13.0 Å². The number of ether oxygens (including phenoxy) is 2. The van der Waals surface area contributed by atoms with Crippen LogP contribution >= 0.6 is 0 Å². The molecule has 3 heteroatoms. The van der Waals surface area contributed by atoms with E-state index in [4.69, 9.17) is 9.47 Å². The zero-order valence-corrected chi connectivity index (χ0v) is 14.7. The molecule has 2 aromatic carbocycles. The van der Waals surface area contributed by atoms with Crippen molar-refractivity contribution in [2.75, 3.05) is 13.7 Å². The Balaban J connectivity index is 2.37. The van der Waals surface area contributed by atoms with E-state index in [1.165, 1.54) is 0 Å². The van der Waals surface area contributed by atoms with Crippen LogP contribution in [-0.2, 0) is 9.53 Å². The van der Waals surface area contributed by atoms with E-state index in [-0.39, 0.29) is 11.9 Å². The molecular formula is C21H26O3. The fourth-order valence-electron chi connectivity index (χ4n) is 2.88. The molecular weight excluding hydrogens is 300 g/mol. The van der Waals surface area contributed by atoms with Crippen molar-refractivity contribution in [3.05, 3.63) is 54.1 Å². The minimum absolute atomic E-state index is 0.136. The maximum Gasteiger partial charge on any atom is 0.313 e. The summed E-state index contributed by atoms with van der Waals surface area (Å²) in [6.45, 7) is 4.39. The number of unbranched alkanes of at least 4 members (excludes halogenated alkanes) is 1. The summed E-state index contributed by atoms with van der Waals surface area (Å²) in [7, 11) is 1.67. The van der Waals surface area contributed by atoms with Gasteiger partial charge >= 0.3 is 5.97 Å². The summed E-state index contributed by atoms with van der Waals surface area (Å²) in [6, 6.07) is 16.1. The predicted molar refractivity (Wildman–Crippen MR) is 97.3 cm³/mol. The zero-order chi connectivity index (χ0) is 17.4. The molecule has 3 nitrogen and oxygen atoms in total. The first kappa shape index (κ1) is 18.1. The molecule has 0 saturated heterocycles. The first-order chi connectivity index (χ1) is 11.7. The lowest BCUT2D eigenvalue weighted by molar-refractivity contribution is -0.145. The minimum atomic E-state index is -0.209. The molecule has 1 unspecified atom stereocenters. The third-order valence-corrected chi connectivity index (χ3v) is 4.12. The maximum absolute atomic E-state index is 12.4. The molecule has 2 rings (SSSR count). The number of para-hydroxylation sites is 1. The summed E-state index contributed by atoms with van der Waals surface area (Å²) < 4.78 is 10.7. The van der Waals surface area contributed by atoms with E-state index < -0.39 is 0 Å². The first-order valence-electron chi connectivity index (χ1n) is 8.61. The Bertz CT molecular complexity index is 664. The van der Waals surface area contributed by atoms with Crippen molar-refractivity contribution in [1.29, 1.82) is 0 Å². The number of hydrogen-bond acceptors (Lipinski definition) is 3. The van der Waals surface area contributed by atoms with Gasteiger partial charge in [0.1, 0.15) is 5.75 Å². The van der Waals surface area contributed by atoms with Crippen LogP contribution in [0.25, 0.3) is 11.1 Å². The van der Waals surface area contributed by atoms with Gasteiger partial charge in [-0.15, -0.1) is 0 Å². The fourth-order valence-corrected chi connectivity index (χ4v) is 2.88. The molecule has 2 aromatic rings. The van der Waals surface area contributed by atoms with Crippen molar-refractivity contribution >= 4 is 5.97 Å². The smallest absolute Gasteiger partial charge is 0.313 e. The number of hydrogen-bond donors (Lipinski definition) is 0. The van der Waals surface area contributed by atoms with Crippen LogP contribution in [0, 0.1) is 0 Å². The summed E-state index contributed by atoms with van der Waals surface area (Å²) in [6.07, 6.45) is 2.87. The van der Waals surface area contributed by atoms with Gasteiger partial charge in [0.2, 0.25) is 0 Å². The molecule has 0 aromatic heterocycles. The average molecular weight is 326 g/mol. The molecule has 0 spiro atoms. The Kier molecular flexibility index (Phi) is 6.86. The van der Waals surface area contributed by atoms with Crippen molar-refractivity contribution in [3.8, 4) is 16.9 Å². The van der Waals surface area contributed by atoms with Gasteiger partial charge in [-0.05, 0) is 30.5 Å². The lowest BCUT2D eigenvalue weighted by Gasteiger charge is -2.17. The Labute approximate surface area is 144 Å². The Hall–Kier alpha value is -2.29. The van der Waals surface area contributed by atoms with Crippen LogP contribution in [0.2, 0.25) is 0 Å². The second kappa shape index (κ2) is 9.11. The van der Waals surface area contributed by atoms with Gasteiger partial charge in [0.05, 0.1) is 19.6 Å². The Morgan fingerprint density at radius 1 is 1.08 bits per heavy atom. The lowest BCUT2D eigenvalue weighted by Crippen LogP contribution is -2.16. The third-order valence-electron chi connectivity index (χ3n) is 4.12. The van der Waals surface area contributed by atoms with Gasteiger partial charge in [0.15, 0.2) is 0 Å². The van der Waals surface area contributed by atoms with Crippen molar-refractivity contribution < 1.29 is 14.3 Å². The predicted octanol–water partition coefficient (Wildman–Crippen LogP) is 5.20. The van der Waals surface area contributed by atoms with E-state index in [9.17, 15) is 4.79 Å². The highest BCUT2D eigenvalue weighted by Crippen LogP contribution is 2.33. The molecule has 0 aliphatic heterocycles. The highest BCUT2D eigenvalue weighted by molar-refractivity contribution is 5.79. The number of carbonyl (C=O) groups is 1. The van der Waals surface area contributed by atoms with E-state index in [0.29, 0.717) is 6.61 Å². The Morgan fingerprint density at radius 2 is 1.88 bits per heavy atom. The minimum Gasteiger partial charge on any atom is -0.496 e. The first-order valence-corrected chi connectivity index (χ1v) is 8.61. The van der Waals surface area contributed by atoms with Crippen LogP contribution in [0.5, 0.6) is 5.75 Å². The van der Waals surface area contributed by atoms with Crippen LogP contribution in [-0.4, -0.2) is 19.7 Å². The van der Waals surface area contributed by atoms with E-state index in [0.717, 1.165) is 41.7 Å². The summed E-state index contributed by atoms with van der Waals surface area (Å²) in [5.41, 5.74) is 3.08. The van der Waals surface area contributed by atoms with Crippen LogP contribution in [0.4, 0.5) is 0 Å². The van der Waals surface area contributed by atoms with Crippen LogP contribution in [0.1, 0.15) is 44.6 Å². The second-order valence-electron chi connectivity index (χ2n) is 5.77. The zero-order valence-electron chi connectivity index (χ0n) is 14.7. The Morgan fingerprint density at radius 3 is 2.58 bits per heavy atom. The van der Waals surface area contributed by atoms with Gasteiger partial charge in [-0.25, -0.2) is 0 Å². The van der Waals surface area contributed by atoms with E-state index in [1.54, 1.807) is 7.11 Å². The number of esters is 1. The normalized spacial score (nSPS) is 11.8. The second-order valence-corrected chi connectivity index (χ2v) is 5.77. The van der Waals surface area contributed by atoms with E-state index in [1.807, 2.05) is 49.4 Å². The summed E-state index contributed by atoms with van der Waals surface area (Å²) >= 11 is 0. The number of carbonyl (C=O) groups excluding carboxylic acids is 1. The molecule has 0 heterocycles. The van der Waals surface area contributed by atoms with Crippen LogP contribution in [0.3, 0.4) is 0 Å². The van der Waals surface area contributed by atoms with Gasteiger partial charge in [-0.3, -0.25) is 4.79 Å². The van der Waals surface area contributed by atoms with Crippen LogP contribution in [0.15, 0.2) is 48.5 Å². The van der Waals surface area contributed by atoms with Crippen molar-refractivity contribution in [2.24, 2.45) is 0 Å². The molecule has 0 N–H and O–H groups in total. The highest BCUT2D eigenvalue weighted by Gasteiger charge is 2.22. The summed E-state index contributed by atoms with van der Waals surface area (Å²) in [5, 5.41) is 0.